The molecule has 0 amide bonds. The summed E-state index contributed by atoms with van der Waals surface area (Å²) in [6.45, 7) is 11.1. The molecule has 0 spiro atoms. The van der Waals surface area contributed by atoms with Gasteiger partial charge in [0.2, 0.25) is 0 Å². The van der Waals surface area contributed by atoms with Gasteiger partial charge in [-0.1, -0.05) is 37.3 Å². The van der Waals surface area contributed by atoms with E-state index in [0.29, 0.717) is 5.92 Å². The summed E-state index contributed by atoms with van der Waals surface area (Å²) in [6.07, 6.45) is 0.579. The molecule has 1 aromatic heterocycles. The van der Waals surface area contributed by atoms with E-state index in [9.17, 15) is 0 Å². The summed E-state index contributed by atoms with van der Waals surface area (Å²) in [5, 5.41) is 9.07. The Morgan fingerprint density at radius 1 is 1.14 bits per heavy atom. The number of ether oxygens (including phenoxy) is 1. The first-order valence-electron chi connectivity index (χ1n) is 10.5. The molecule has 3 atom stereocenters. The summed E-state index contributed by atoms with van der Waals surface area (Å²) < 4.78 is 5.87. The molecule has 0 aliphatic carbocycles. The van der Waals surface area contributed by atoms with Crippen molar-refractivity contribution in [2.24, 2.45) is 4.99 Å². The smallest absolute Gasteiger partial charge is 0.191 e. The van der Waals surface area contributed by atoms with Crippen molar-refractivity contribution >= 4 is 17.3 Å². The van der Waals surface area contributed by atoms with Gasteiger partial charge in [-0.2, -0.15) is 0 Å². The summed E-state index contributed by atoms with van der Waals surface area (Å²) in [6, 6.07) is 13.0. The highest BCUT2D eigenvalue weighted by Gasteiger charge is 2.22. The van der Waals surface area contributed by atoms with Crippen molar-refractivity contribution in [3.05, 3.63) is 57.8 Å². The highest BCUT2D eigenvalue weighted by Crippen LogP contribution is 2.20. The number of benzene rings is 1. The van der Waals surface area contributed by atoms with E-state index in [0.717, 1.165) is 38.7 Å². The molecule has 2 N–H and O–H groups in total. The Balaban J connectivity index is 1.54. The normalized spacial score (nSPS) is 21.7. The van der Waals surface area contributed by atoms with Gasteiger partial charge in [0.05, 0.1) is 12.2 Å². The van der Waals surface area contributed by atoms with E-state index in [4.69, 9.17) is 4.74 Å². The van der Waals surface area contributed by atoms with E-state index in [1.807, 2.05) is 7.05 Å². The van der Waals surface area contributed by atoms with E-state index < -0.39 is 0 Å². The van der Waals surface area contributed by atoms with Crippen molar-refractivity contribution in [1.82, 2.24) is 15.5 Å². The molecule has 1 saturated heterocycles. The average Bonchev–Trinajstić information content (AvgIpc) is 3.23. The molecule has 1 fully saturated rings. The molecular weight excluding hydrogens is 380 g/mol. The van der Waals surface area contributed by atoms with Crippen molar-refractivity contribution in [2.75, 3.05) is 26.7 Å². The summed E-state index contributed by atoms with van der Waals surface area (Å²) >= 11 is 1.81. The van der Waals surface area contributed by atoms with Crippen molar-refractivity contribution < 1.29 is 4.74 Å². The second-order valence-electron chi connectivity index (χ2n) is 7.94. The molecule has 2 heterocycles. The van der Waals surface area contributed by atoms with E-state index in [-0.39, 0.29) is 12.2 Å². The zero-order valence-electron chi connectivity index (χ0n) is 18.0. The molecule has 1 aliphatic rings. The lowest BCUT2D eigenvalue weighted by Gasteiger charge is -2.35. The van der Waals surface area contributed by atoms with Crippen LogP contribution in [0.1, 0.15) is 42.7 Å². The topological polar surface area (TPSA) is 48.9 Å². The Bertz CT molecular complexity index is 767. The average molecular weight is 415 g/mol. The summed E-state index contributed by atoms with van der Waals surface area (Å²) in [5.41, 5.74) is 2.68. The number of thiophene rings is 1. The van der Waals surface area contributed by atoms with Gasteiger partial charge in [-0.15, -0.1) is 11.3 Å². The minimum absolute atomic E-state index is 0.289. The summed E-state index contributed by atoms with van der Waals surface area (Å²) in [5.74, 6) is 1.31. The summed E-state index contributed by atoms with van der Waals surface area (Å²) in [4.78, 5) is 8.28. The number of guanidine groups is 1. The maximum Gasteiger partial charge on any atom is 0.191 e. The van der Waals surface area contributed by atoms with Crippen LogP contribution in [0.15, 0.2) is 46.8 Å². The third-order valence-electron chi connectivity index (χ3n) is 5.28. The van der Waals surface area contributed by atoms with Gasteiger partial charge in [0.15, 0.2) is 5.96 Å². The molecule has 29 heavy (non-hydrogen) atoms. The Morgan fingerprint density at radius 3 is 2.52 bits per heavy atom. The monoisotopic (exact) mass is 414 g/mol. The van der Waals surface area contributed by atoms with Crippen LogP contribution in [0.25, 0.3) is 0 Å². The first-order valence-corrected chi connectivity index (χ1v) is 11.4. The maximum atomic E-state index is 5.87. The van der Waals surface area contributed by atoms with Crippen LogP contribution in [0.5, 0.6) is 0 Å². The first-order chi connectivity index (χ1) is 14.0. The molecule has 3 rings (SSSR count). The van der Waals surface area contributed by atoms with Gasteiger partial charge >= 0.3 is 0 Å². The first kappa shape index (κ1) is 21.8. The molecule has 5 nitrogen and oxygen atoms in total. The predicted molar refractivity (Wildman–Crippen MR) is 123 cm³/mol. The van der Waals surface area contributed by atoms with Crippen LogP contribution in [0.3, 0.4) is 0 Å². The highest BCUT2D eigenvalue weighted by atomic mass is 32.1. The van der Waals surface area contributed by atoms with Crippen molar-refractivity contribution in [1.29, 1.82) is 0 Å². The van der Waals surface area contributed by atoms with Crippen LogP contribution in [0, 0.1) is 0 Å². The second kappa shape index (κ2) is 10.8. The van der Waals surface area contributed by atoms with E-state index in [2.05, 4.69) is 83.1 Å². The van der Waals surface area contributed by atoms with E-state index >= 15 is 0 Å². The van der Waals surface area contributed by atoms with E-state index in [1.165, 1.54) is 16.0 Å². The quantitative estimate of drug-likeness (QED) is 0.534. The van der Waals surface area contributed by atoms with Crippen molar-refractivity contribution in [2.45, 2.75) is 52.0 Å². The van der Waals surface area contributed by atoms with Gasteiger partial charge in [-0.25, -0.2) is 0 Å². The lowest BCUT2D eigenvalue weighted by Crippen LogP contribution is -2.45. The minimum atomic E-state index is 0.289. The molecule has 0 radical (unpaired) electrons. The molecule has 158 valence electrons. The van der Waals surface area contributed by atoms with E-state index in [1.54, 1.807) is 11.3 Å². The van der Waals surface area contributed by atoms with Gasteiger partial charge in [0, 0.05) is 50.6 Å². The lowest BCUT2D eigenvalue weighted by atomic mass is 10.1. The summed E-state index contributed by atoms with van der Waals surface area (Å²) in [7, 11) is 1.83. The van der Waals surface area contributed by atoms with Crippen LogP contribution in [-0.2, 0) is 17.8 Å². The van der Waals surface area contributed by atoms with Crippen LogP contribution in [0.4, 0.5) is 0 Å². The van der Waals surface area contributed by atoms with Crippen LogP contribution >= 0.6 is 11.3 Å². The van der Waals surface area contributed by atoms with Gasteiger partial charge in [-0.05, 0) is 36.4 Å². The predicted octanol–water partition coefficient (Wildman–Crippen LogP) is 3.83. The number of hydrogen-bond acceptors (Lipinski definition) is 4. The SMILES string of the molecule is CN=C(NCc1ccccc1CN1CC(C)OC(C)C1)NCC(C)c1cccs1. The second-order valence-corrected chi connectivity index (χ2v) is 8.92. The van der Waals surface area contributed by atoms with Gasteiger partial charge < -0.3 is 15.4 Å². The molecule has 6 heteroatoms. The number of aliphatic imine (C=N–C) groups is 1. The lowest BCUT2D eigenvalue weighted by molar-refractivity contribution is -0.0705. The van der Waals surface area contributed by atoms with Gasteiger partial charge in [0.25, 0.3) is 0 Å². The van der Waals surface area contributed by atoms with Crippen LogP contribution < -0.4 is 10.6 Å². The largest absolute Gasteiger partial charge is 0.373 e. The number of nitrogens with one attached hydrogen (secondary N) is 2. The molecule has 3 unspecified atom stereocenters. The molecular formula is C23H34N4OS. The minimum Gasteiger partial charge on any atom is -0.373 e. The molecule has 1 aromatic carbocycles. The third-order valence-corrected chi connectivity index (χ3v) is 6.39. The molecule has 0 saturated carbocycles. The van der Waals surface area contributed by atoms with Crippen LogP contribution in [0.2, 0.25) is 0 Å². The molecule has 0 bridgehead atoms. The Kier molecular flexibility index (Phi) is 8.09. The fraction of sp³-hybridized carbons (Fsp3) is 0.522. The fourth-order valence-corrected chi connectivity index (χ4v) is 4.65. The van der Waals surface area contributed by atoms with Gasteiger partial charge in [0.1, 0.15) is 0 Å². The Morgan fingerprint density at radius 2 is 1.86 bits per heavy atom. The number of hydrogen-bond donors (Lipinski definition) is 2. The fourth-order valence-electron chi connectivity index (χ4n) is 3.86. The van der Waals surface area contributed by atoms with Crippen molar-refractivity contribution in [3.8, 4) is 0 Å². The number of rotatable bonds is 7. The van der Waals surface area contributed by atoms with Crippen LogP contribution in [-0.4, -0.2) is 49.7 Å². The zero-order chi connectivity index (χ0) is 20.6. The molecule has 2 aromatic rings. The Hall–Kier alpha value is -1.89. The highest BCUT2D eigenvalue weighted by molar-refractivity contribution is 7.10. The zero-order valence-corrected chi connectivity index (χ0v) is 18.8. The standard InChI is InChI=1S/C23H34N4OS/c1-17(22-10-7-11-29-22)12-25-23(24-4)26-13-20-8-5-6-9-21(20)16-27-14-18(2)28-19(3)15-27/h5-11,17-19H,12-16H2,1-4H3,(H2,24,25,26). The van der Waals surface area contributed by atoms with Gasteiger partial charge in [-0.3, -0.25) is 9.89 Å². The Labute approximate surface area is 179 Å². The number of morpholine rings is 1. The molecule has 1 aliphatic heterocycles. The maximum absolute atomic E-state index is 5.87. The third kappa shape index (κ3) is 6.56. The number of nitrogens with zero attached hydrogens (tertiary/aromatic N) is 2. The van der Waals surface area contributed by atoms with Crippen molar-refractivity contribution in [3.63, 3.8) is 0 Å².